The summed E-state index contributed by atoms with van der Waals surface area (Å²) in [6, 6.07) is 10.8. The van der Waals surface area contributed by atoms with E-state index in [1.165, 1.54) is 6.20 Å². The van der Waals surface area contributed by atoms with Crippen molar-refractivity contribution in [3.05, 3.63) is 59.6 Å². The summed E-state index contributed by atoms with van der Waals surface area (Å²) >= 11 is 0. The van der Waals surface area contributed by atoms with Crippen molar-refractivity contribution in [2.75, 3.05) is 5.73 Å². The van der Waals surface area contributed by atoms with Crippen LogP contribution in [-0.4, -0.2) is 10.8 Å². The molecule has 0 saturated heterocycles. The Morgan fingerprint density at radius 1 is 1.26 bits per heavy atom. The summed E-state index contributed by atoms with van der Waals surface area (Å²) in [5.41, 5.74) is 8.04. The van der Waals surface area contributed by atoms with Gasteiger partial charge in [-0.2, -0.15) is 0 Å². The van der Waals surface area contributed by atoms with Crippen LogP contribution in [0.5, 0.6) is 0 Å². The minimum Gasteiger partial charge on any atom is -0.452 e. The van der Waals surface area contributed by atoms with Crippen molar-refractivity contribution in [2.24, 2.45) is 0 Å². The lowest BCUT2D eigenvalue weighted by atomic mass is 10.1. The molecule has 0 radical (unpaired) electrons. The zero-order chi connectivity index (χ0) is 13.4. The number of nitrogens with zero attached hydrogens (tertiary/aromatic N) is 1. The maximum absolute atomic E-state index is 12.3. The van der Waals surface area contributed by atoms with E-state index in [1.807, 2.05) is 25.1 Å². The number of pyridine rings is 1. The average molecular weight is 252 g/mol. The number of carbonyl (C=O) groups excluding carboxylic acids is 1. The summed E-state index contributed by atoms with van der Waals surface area (Å²) in [7, 11) is 0. The number of aromatic nitrogens is 1. The van der Waals surface area contributed by atoms with Gasteiger partial charge in [0.15, 0.2) is 5.76 Å². The third kappa shape index (κ3) is 1.87. The Labute approximate surface area is 109 Å². The van der Waals surface area contributed by atoms with Crippen LogP contribution in [0.15, 0.2) is 47.0 Å². The predicted octanol–water partition coefficient (Wildman–Crippen LogP) is 2.95. The standard InChI is InChI=1S/C15H12N2O2/c1-9-4-2-5-10-8-12(19-15(9)10)14(18)13-11(16)6-3-7-17-13/h2-8H,16H2,1H3. The number of rotatable bonds is 2. The molecule has 4 heteroatoms. The molecule has 2 aromatic heterocycles. The Bertz CT molecular complexity index is 775. The van der Waals surface area contributed by atoms with Crippen molar-refractivity contribution in [2.45, 2.75) is 6.92 Å². The Kier molecular flexibility index (Phi) is 2.56. The molecule has 0 aliphatic rings. The highest BCUT2D eigenvalue weighted by molar-refractivity contribution is 6.10. The van der Waals surface area contributed by atoms with E-state index in [-0.39, 0.29) is 17.2 Å². The first kappa shape index (κ1) is 11.5. The fraction of sp³-hybridized carbons (Fsp3) is 0.0667. The number of para-hydroxylation sites is 1. The molecule has 2 N–H and O–H groups in total. The SMILES string of the molecule is Cc1cccc2cc(C(=O)c3ncccc3N)oc12. The molecule has 0 aliphatic carbocycles. The zero-order valence-corrected chi connectivity index (χ0v) is 10.4. The minimum absolute atomic E-state index is 0.221. The molecular formula is C15H12N2O2. The maximum Gasteiger partial charge on any atom is 0.248 e. The van der Waals surface area contributed by atoms with Crippen LogP contribution in [0, 0.1) is 6.92 Å². The maximum atomic E-state index is 12.3. The molecule has 0 amide bonds. The number of benzene rings is 1. The van der Waals surface area contributed by atoms with Gasteiger partial charge in [0, 0.05) is 11.6 Å². The van der Waals surface area contributed by atoms with Gasteiger partial charge in [-0.3, -0.25) is 9.78 Å². The van der Waals surface area contributed by atoms with Crippen molar-refractivity contribution < 1.29 is 9.21 Å². The number of nitrogens with two attached hydrogens (primary N) is 1. The third-order valence-corrected chi connectivity index (χ3v) is 3.02. The summed E-state index contributed by atoms with van der Waals surface area (Å²) in [5.74, 6) is -0.0385. The Morgan fingerprint density at radius 2 is 2.11 bits per heavy atom. The number of anilines is 1. The molecule has 0 bridgehead atoms. The third-order valence-electron chi connectivity index (χ3n) is 3.02. The van der Waals surface area contributed by atoms with Gasteiger partial charge in [-0.15, -0.1) is 0 Å². The summed E-state index contributed by atoms with van der Waals surface area (Å²) in [6.07, 6.45) is 1.54. The van der Waals surface area contributed by atoms with Crippen LogP contribution >= 0.6 is 0 Å². The summed E-state index contributed by atoms with van der Waals surface area (Å²) in [4.78, 5) is 16.3. The summed E-state index contributed by atoms with van der Waals surface area (Å²) in [5, 5.41) is 0.901. The highest BCUT2D eigenvalue weighted by Gasteiger charge is 2.18. The Hall–Kier alpha value is -2.62. The van der Waals surface area contributed by atoms with Crippen LogP contribution in [0.25, 0.3) is 11.0 Å². The largest absolute Gasteiger partial charge is 0.452 e. The van der Waals surface area contributed by atoms with E-state index in [2.05, 4.69) is 4.98 Å². The van der Waals surface area contributed by atoms with Gasteiger partial charge in [-0.25, -0.2) is 0 Å². The molecular weight excluding hydrogens is 240 g/mol. The Balaban J connectivity index is 2.12. The fourth-order valence-electron chi connectivity index (χ4n) is 2.04. The highest BCUT2D eigenvalue weighted by Crippen LogP contribution is 2.24. The van der Waals surface area contributed by atoms with Gasteiger partial charge in [0.1, 0.15) is 11.3 Å². The molecule has 1 aromatic carbocycles. The van der Waals surface area contributed by atoms with Gasteiger partial charge < -0.3 is 10.2 Å². The van der Waals surface area contributed by atoms with Crippen molar-refractivity contribution in [1.82, 2.24) is 4.98 Å². The van der Waals surface area contributed by atoms with Crippen LogP contribution in [0.1, 0.15) is 21.8 Å². The topological polar surface area (TPSA) is 69.1 Å². The van der Waals surface area contributed by atoms with Gasteiger partial charge >= 0.3 is 0 Å². The second-order valence-corrected chi connectivity index (χ2v) is 4.37. The number of aryl methyl sites for hydroxylation is 1. The van der Waals surface area contributed by atoms with E-state index in [0.717, 1.165) is 16.5 Å². The number of hydrogen-bond donors (Lipinski definition) is 1. The van der Waals surface area contributed by atoms with Gasteiger partial charge in [0.05, 0.1) is 5.69 Å². The monoisotopic (exact) mass is 252 g/mol. The molecule has 94 valence electrons. The normalized spacial score (nSPS) is 10.8. The molecule has 0 saturated carbocycles. The van der Waals surface area contributed by atoms with Crippen LogP contribution in [0.3, 0.4) is 0 Å². The average Bonchev–Trinajstić information content (AvgIpc) is 2.84. The molecule has 0 aliphatic heterocycles. The van der Waals surface area contributed by atoms with Crippen molar-refractivity contribution in [3.8, 4) is 0 Å². The first-order valence-corrected chi connectivity index (χ1v) is 5.91. The van der Waals surface area contributed by atoms with E-state index in [0.29, 0.717) is 5.69 Å². The fourth-order valence-corrected chi connectivity index (χ4v) is 2.04. The van der Waals surface area contributed by atoms with Crippen LogP contribution in [0.2, 0.25) is 0 Å². The van der Waals surface area contributed by atoms with E-state index < -0.39 is 0 Å². The Morgan fingerprint density at radius 3 is 2.84 bits per heavy atom. The van der Waals surface area contributed by atoms with E-state index in [9.17, 15) is 4.79 Å². The molecule has 0 spiro atoms. The smallest absolute Gasteiger partial charge is 0.248 e. The van der Waals surface area contributed by atoms with Crippen molar-refractivity contribution in [3.63, 3.8) is 0 Å². The molecule has 2 heterocycles. The lowest BCUT2D eigenvalue weighted by Gasteiger charge is -2.00. The van der Waals surface area contributed by atoms with Crippen LogP contribution < -0.4 is 5.73 Å². The van der Waals surface area contributed by atoms with Gasteiger partial charge in [0.2, 0.25) is 5.78 Å². The van der Waals surface area contributed by atoms with Gasteiger partial charge in [-0.1, -0.05) is 18.2 Å². The molecule has 19 heavy (non-hydrogen) atoms. The molecule has 4 nitrogen and oxygen atoms in total. The lowest BCUT2D eigenvalue weighted by Crippen LogP contribution is -2.06. The number of carbonyl (C=O) groups is 1. The lowest BCUT2D eigenvalue weighted by molar-refractivity contribution is 0.101. The van der Waals surface area contributed by atoms with Crippen LogP contribution in [0.4, 0.5) is 5.69 Å². The summed E-state index contributed by atoms with van der Waals surface area (Å²) < 4.78 is 5.62. The number of fused-ring (bicyclic) bond motifs is 1. The molecule has 3 aromatic rings. The van der Waals surface area contributed by atoms with E-state index in [4.69, 9.17) is 10.2 Å². The van der Waals surface area contributed by atoms with E-state index in [1.54, 1.807) is 18.2 Å². The number of nitrogen functional groups attached to an aromatic ring is 1. The van der Waals surface area contributed by atoms with E-state index >= 15 is 0 Å². The number of hydrogen-bond acceptors (Lipinski definition) is 4. The van der Waals surface area contributed by atoms with Crippen molar-refractivity contribution >= 4 is 22.4 Å². The first-order chi connectivity index (χ1) is 9.16. The van der Waals surface area contributed by atoms with Crippen molar-refractivity contribution in [1.29, 1.82) is 0 Å². The quantitative estimate of drug-likeness (QED) is 0.712. The highest BCUT2D eigenvalue weighted by atomic mass is 16.3. The van der Waals surface area contributed by atoms with Gasteiger partial charge in [0.25, 0.3) is 0 Å². The minimum atomic E-state index is -0.297. The van der Waals surface area contributed by atoms with Gasteiger partial charge in [-0.05, 0) is 30.7 Å². The molecule has 0 fully saturated rings. The molecule has 3 rings (SSSR count). The second kappa shape index (κ2) is 4.24. The molecule has 0 unspecified atom stereocenters. The number of ketones is 1. The second-order valence-electron chi connectivity index (χ2n) is 4.37. The summed E-state index contributed by atoms with van der Waals surface area (Å²) in [6.45, 7) is 1.94. The predicted molar refractivity (Wildman–Crippen MR) is 73.0 cm³/mol. The number of furan rings is 1. The first-order valence-electron chi connectivity index (χ1n) is 5.91. The molecule has 0 atom stereocenters. The zero-order valence-electron chi connectivity index (χ0n) is 10.4. The van der Waals surface area contributed by atoms with Crippen LogP contribution in [-0.2, 0) is 0 Å².